The van der Waals surface area contributed by atoms with E-state index in [1.165, 1.54) is 31.0 Å². The van der Waals surface area contributed by atoms with E-state index in [4.69, 9.17) is 0 Å². The minimum atomic E-state index is -1.13. The average molecular weight is 350 g/mol. The monoisotopic (exact) mass is 350 g/mol. The summed E-state index contributed by atoms with van der Waals surface area (Å²) in [6.07, 6.45) is 0.769. The fraction of sp³-hybridized carbons (Fsp3) is 0.500. The molecule has 1 aromatic carbocycles. The highest BCUT2D eigenvalue weighted by molar-refractivity contribution is 5.90. The van der Waals surface area contributed by atoms with Gasteiger partial charge in [-0.2, -0.15) is 0 Å². The number of carboxylic acids is 1. The number of hydrogen-bond donors (Lipinski definition) is 3. The van der Waals surface area contributed by atoms with Crippen molar-refractivity contribution in [1.29, 1.82) is 0 Å². The van der Waals surface area contributed by atoms with Gasteiger partial charge in [-0.1, -0.05) is 32.4 Å². The molecule has 25 heavy (non-hydrogen) atoms. The molecule has 0 heterocycles. The van der Waals surface area contributed by atoms with E-state index in [0.29, 0.717) is 12.0 Å². The van der Waals surface area contributed by atoms with Gasteiger partial charge in [-0.05, 0) is 23.6 Å². The SMILES string of the molecule is CC[C@@H](C)[C@H](NC(C)=O)C(=O)N(C)[C@H](Cc1ccc(O)cc1)C(=O)O. The zero-order valence-electron chi connectivity index (χ0n) is 15.0. The molecule has 1 aromatic rings. The number of amides is 2. The van der Waals surface area contributed by atoms with Crippen LogP contribution in [0.5, 0.6) is 5.75 Å². The van der Waals surface area contributed by atoms with Gasteiger partial charge < -0.3 is 20.4 Å². The Balaban J connectivity index is 3.00. The van der Waals surface area contributed by atoms with Crippen molar-refractivity contribution in [1.82, 2.24) is 10.2 Å². The number of phenolic OH excluding ortho intramolecular Hbond substituents is 1. The summed E-state index contributed by atoms with van der Waals surface area (Å²) in [7, 11) is 1.43. The van der Waals surface area contributed by atoms with Gasteiger partial charge in [0, 0.05) is 20.4 Å². The number of carbonyl (C=O) groups is 3. The van der Waals surface area contributed by atoms with Crippen LogP contribution in [0.1, 0.15) is 32.8 Å². The smallest absolute Gasteiger partial charge is 0.326 e. The predicted octanol–water partition coefficient (Wildman–Crippen LogP) is 1.40. The summed E-state index contributed by atoms with van der Waals surface area (Å²) in [5.74, 6) is -1.94. The number of aromatic hydroxyl groups is 1. The highest BCUT2D eigenvalue weighted by Crippen LogP contribution is 2.16. The summed E-state index contributed by atoms with van der Waals surface area (Å²) in [5.41, 5.74) is 0.685. The lowest BCUT2D eigenvalue weighted by atomic mass is 9.96. The fourth-order valence-corrected chi connectivity index (χ4v) is 2.52. The van der Waals surface area contributed by atoms with Gasteiger partial charge in [0.05, 0.1) is 0 Å². The lowest BCUT2D eigenvalue weighted by Crippen LogP contribution is -2.54. The Morgan fingerprint density at radius 3 is 2.20 bits per heavy atom. The van der Waals surface area contributed by atoms with Crippen LogP contribution in [-0.2, 0) is 20.8 Å². The van der Waals surface area contributed by atoms with Gasteiger partial charge in [-0.25, -0.2) is 4.79 Å². The van der Waals surface area contributed by atoms with E-state index in [1.807, 2.05) is 13.8 Å². The summed E-state index contributed by atoms with van der Waals surface area (Å²) >= 11 is 0. The van der Waals surface area contributed by atoms with Crippen LogP contribution in [0.4, 0.5) is 0 Å². The molecule has 0 aliphatic rings. The van der Waals surface area contributed by atoms with Gasteiger partial charge in [0.25, 0.3) is 0 Å². The molecule has 7 nitrogen and oxygen atoms in total. The molecule has 0 aliphatic heterocycles. The third kappa shape index (κ3) is 5.77. The van der Waals surface area contributed by atoms with Crippen molar-refractivity contribution in [2.75, 3.05) is 7.05 Å². The largest absolute Gasteiger partial charge is 0.508 e. The van der Waals surface area contributed by atoms with Gasteiger partial charge in [0.15, 0.2) is 0 Å². The van der Waals surface area contributed by atoms with Crippen molar-refractivity contribution in [3.8, 4) is 5.75 Å². The second-order valence-corrected chi connectivity index (χ2v) is 6.24. The first-order valence-electron chi connectivity index (χ1n) is 8.21. The van der Waals surface area contributed by atoms with Crippen molar-refractivity contribution in [3.63, 3.8) is 0 Å². The Hall–Kier alpha value is -2.57. The Kier molecular flexibility index (Phi) is 7.42. The lowest BCUT2D eigenvalue weighted by molar-refractivity contribution is -0.150. The molecular formula is C18H26N2O5. The van der Waals surface area contributed by atoms with Crippen molar-refractivity contribution in [2.45, 2.75) is 45.7 Å². The van der Waals surface area contributed by atoms with Crippen LogP contribution in [0.2, 0.25) is 0 Å². The molecule has 0 spiro atoms. The summed E-state index contributed by atoms with van der Waals surface area (Å²) < 4.78 is 0. The molecule has 3 N–H and O–H groups in total. The maximum Gasteiger partial charge on any atom is 0.326 e. The first-order valence-corrected chi connectivity index (χ1v) is 8.21. The fourth-order valence-electron chi connectivity index (χ4n) is 2.52. The number of aliphatic carboxylic acids is 1. The molecule has 138 valence electrons. The van der Waals surface area contributed by atoms with Crippen LogP contribution in [0, 0.1) is 5.92 Å². The van der Waals surface area contributed by atoms with Crippen molar-refractivity contribution in [2.24, 2.45) is 5.92 Å². The Morgan fingerprint density at radius 1 is 1.20 bits per heavy atom. The highest BCUT2D eigenvalue weighted by Gasteiger charge is 2.33. The third-order valence-electron chi connectivity index (χ3n) is 4.30. The van der Waals surface area contributed by atoms with Gasteiger partial charge in [-0.15, -0.1) is 0 Å². The Bertz CT molecular complexity index is 614. The number of benzene rings is 1. The number of rotatable bonds is 8. The van der Waals surface area contributed by atoms with Crippen molar-refractivity contribution < 1.29 is 24.6 Å². The molecule has 0 aromatic heterocycles. The van der Waals surface area contributed by atoms with Crippen LogP contribution < -0.4 is 5.32 Å². The minimum absolute atomic E-state index is 0.0857. The summed E-state index contributed by atoms with van der Waals surface area (Å²) in [6.45, 7) is 5.06. The number of carbonyl (C=O) groups excluding carboxylic acids is 2. The molecule has 0 saturated carbocycles. The topological polar surface area (TPSA) is 107 Å². The standard InChI is InChI=1S/C18H26N2O5/c1-5-11(2)16(19-12(3)21)17(23)20(4)15(18(24)25)10-13-6-8-14(22)9-7-13/h6-9,11,15-16,22H,5,10H2,1-4H3,(H,19,21)(H,24,25)/t11-,15-,16+/m1/s1. The highest BCUT2D eigenvalue weighted by atomic mass is 16.4. The Labute approximate surface area is 147 Å². The van der Waals surface area contributed by atoms with E-state index in [1.54, 1.807) is 12.1 Å². The van der Waals surface area contributed by atoms with Gasteiger partial charge >= 0.3 is 5.97 Å². The third-order valence-corrected chi connectivity index (χ3v) is 4.30. The molecule has 1 rings (SSSR count). The lowest BCUT2D eigenvalue weighted by Gasteiger charge is -2.31. The van der Waals surface area contributed by atoms with Crippen molar-refractivity contribution in [3.05, 3.63) is 29.8 Å². The molecule has 0 aliphatic carbocycles. The van der Waals surface area contributed by atoms with Crippen LogP contribution in [-0.4, -0.2) is 52.0 Å². The number of phenols is 1. The van der Waals surface area contributed by atoms with Gasteiger partial charge in [-0.3, -0.25) is 9.59 Å². The van der Waals surface area contributed by atoms with E-state index in [9.17, 15) is 24.6 Å². The molecule has 2 amide bonds. The van der Waals surface area contributed by atoms with Gasteiger partial charge in [0.1, 0.15) is 17.8 Å². The van der Waals surface area contributed by atoms with E-state index in [2.05, 4.69) is 5.32 Å². The van der Waals surface area contributed by atoms with E-state index < -0.39 is 24.0 Å². The van der Waals surface area contributed by atoms with Crippen LogP contribution in [0.15, 0.2) is 24.3 Å². The first kappa shape index (κ1) is 20.5. The maximum absolute atomic E-state index is 12.8. The van der Waals surface area contributed by atoms with E-state index in [0.717, 1.165) is 0 Å². The zero-order valence-corrected chi connectivity index (χ0v) is 15.0. The summed E-state index contributed by atoms with van der Waals surface area (Å²) in [5, 5.41) is 21.5. The first-order chi connectivity index (χ1) is 11.7. The number of likely N-dealkylation sites (N-methyl/N-ethyl adjacent to an activating group) is 1. The van der Waals surface area contributed by atoms with Crippen molar-refractivity contribution >= 4 is 17.8 Å². The molecular weight excluding hydrogens is 324 g/mol. The molecule has 0 unspecified atom stereocenters. The van der Waals surface area contributed by atoms with Gasteiger partial charge in [0.2, 0.25) is 11.8 Å². The summed E-state index contributed by atoms with van der Waals surface area (Å²) in [4.78, 5) is 37.0. The van der Waals surface area contributed by atoms with Crippen LogP contribution in [0.3, 0.4) is 0 Å². The second kappa shape index (κ2) is 9.05. The van der Waals surface area contributed by atoms with Crippen LogP contribution >= 0.6 is 0 Å². The molecule has 3 atom stereocenters. The number of carboxylic acid groups (broad SMARTS) is 1. The number of nitrogens with zero attached hydrogens (tertiary/aromatic N) is 1. The minimum Gasteiger partial charge on any atom is -0.508 e. The molecule has 0 radical (unpaired) electrons. The normalized spacial score (nSPS) is 14.2. The zero-order chi connectivity index (χ0) is 19.1. The molecule has 0 saturated heterocycles. The quantitative estimate of drug-likeness (QED) is 0.657. The van der Waals surface area contributed by atoms with E-state index >= 15 is 0 Å². The Morgan fingerprint density at radius 2 is 1.76 bits per heavy atom. The number of nitrogens with one attached hydrogen (secondary N) is 1. The predicted molar refractivity (Wildman–Crippen MR) is 93.1 cm³/mol. The molecule has 0 fully saturated rings. The van der Waals surface area contributed by atoms with Crippen LogP contribution in [0.25, 0.3) is 0 Å². The maximum atomic E-state index is 12.8. The summed E-state index contributed by atoms with van der Waals surface area (Å²) in [6, 6.07) is 4.32. The molecule has 0 bridgehead atoms. The van der Waals surface area contributed by atoms with E-state index in [-0.39, 0.29) is 24.0 Å². The average Bonchev–Trinajstić information content (AvgIpc) is 2.56. The second-order valence-electron chi connectivity index (χ2n) is 6.24. The number of hydrogen-bond acceptors (Lipinski definition) is 4. The molecule has 7 heteroatoms.